The predicted molar refractivity (Wildman–Crippen MR) is 29.7 cm³/mol. The Bertz CT molecular complexity index is 277. The van der Waals surface area contributed by atoms with Crippen molar-refractivity contribution in [3.63, 3.8) is 0 Å². The van der Waals surface area contributed by atoms with Crippen LogP contribution in [0.4, 0.5) is 0 Å². The van der Waals surface area contributed by atoms with Gasteiger partial charge in [-0.2, -0.15) is 16.8 Å². The molecule has 0 fully saturated rings. The second-order valence-corrected chi connectivity index (χ2v) is 3.46. The Morgan fingerprint density at radius 1 is 0.692 bits per heavy atom. The zero-order valence-electron chi connectivity index (χ0n) is 5.55. The SMILES string of the molecule is O=S(=O)(O)O.O=S(=O)(O)O.[O]=[U]=[O]. The molecule has 0 aromatic rings. The summed E-state index contributed by atoms with van der Waals surface area (Å²) in [5.74, 6) is 0. The van der Waals surface area contributed by atoms with Crippen LogP contribution in [0.5, 0.6) is 0 Å². The van der Waals surface area contributed by atoms with Crippen LogP contribution in [-0.2, 0) is 25.3 Å². The van der Waals surface area contributed by atoms with E-state index in [0.717, 1.165) is 0 Å². The van der Waals surface area contributed by atoms with Gasteiger partial charge in [0.25, 0.3) is 0 Å². The molecule has 0 unspecified atom stereocenters. The molecule has 0 aliphatic carbocycles. The Balaban J connectivity index is -0.000000120. The van der Waals surface area contributed by atoms with Crippen LogP contribution < -0.4 is 0 Å². The van der Waals surface area contributed by atoms with Gasteiger partial charge in [-0.05, 0) is 0 Å². The summed E-state index contributed by atoms with van der Waals surface area (Å²) in [5, 5.41) is 0. The zero-order chi connectivity index (χ0) is 11.7. The fourth-order valence-corrected chi connectivity index (χ4v) is 0. The molecule has 0 aromatic heterocycles. The van der Waals surface area contributed by atoms with Gasteiger partial charge in [0.2, 0.25) is 0 Å². The number of hydrogen-bond acceptors (Lipinski definition) is 6. The van der Waals surface area contributed by atoms with E-state index >= 15 is 0 Å². The Hall–Kier alpha value is 0.392. The summed E-state index contributed by atoms with van der Waals surface area (Å²) in [5.41, 5.74) is 0. The van der Waals surface area contributed by atoms with Gasteiger partial charge in [-0.15, -0.1) is 0 Å². The van der Waals surface area contributed by atoms with Crippen LogP contribution >= 0.6 is 0 Å². The molecule has 10 nitrogen and oxygen atoms in total. The van der Waals surface area contributed by atoms with Gasteiger partial charge in [0, 0.05) is 0 Å². The molecular formula is H4O10S2U. The van der Waals surface area contributed by atoms with E-state index in [-0.39, 0.29) is 0 Å². The van der Waals surface area contributed by atoms with Crippen LogP contribution in [0.1, 0.15) is 0 Å². The van der Waals surface area contributed by atoms with E-state index in [0.29, 0.717) is 0 Å². The Morgan fingerprint density at radius 3 is 0.692 bits per heavy atom. The van der Waals surface area contributed by atoms with E-state index in [1.165, 1.54) is 0 Å². The first-order chi connectivity index (χ1) is 5.41. The molecule has 0 amide bonds. The van der Waals surface area contributed by atoms with Gasteiger partial charge in [0.1, 0.15) is 0 Å². The summed E-state index contributed by atoms with van der Waals surface area (Å²) in [6.45, 7) is 0. The summed E-state index contributed by atoms with van der Waals surface area (Å²) < 4.78 is 80.3. The van der Waals surface area contributed by atoms with Crippen molar-refractivity contribution in [1.82, 2.24) is 0 Å². The zero-order valence-corrected chi connectivity index (χ0v) is 11.4. The average Bonchev–Trinajstić information content (AvgIpc) is 1.52. The molecule has 0 saturated carbocycles. The molecule has 0 atom stereocenters. The van der Waals surface area contributed by atoms with E-state index in [4.69, 9.17) is 39.5 Å². The van der Waals surface area contributed by atoms with Crippen molar-refractivity contribution in [2.75, 3.05) is 0 Å². The molecule has 13 heteroatoms. The van der Waals surface area contributed by atoms with Crippen LogP contribution in [0, 0.1) is 27.8 Å². The van der Waals surface area contributed by atoms with Gasteiger partial charge in [0.05, 0.1) is 0 Å². The minimum absolute atomic E-state index is 2.51. The first-order valence-electron chi connectivity index (χ1n) is 1.81. The summed E-state index contributed by atoms with van der Waals surface area (Å²) in [7, 11) is -9.33. The number of hydrogen-bond donors (Lipinski definition) is 4. The molecule has 4 N–H and O–H groups in total. The normalized spacial score (nSPS) is 9.54. The van der Waals surface area contributed by atoms with Crippen molar-refractivity contribution < 1.29 is 67.3 Å². The molecule has 0 bridgehead atoms. The Labute approximate surface area is 87.7 Å². The van der Waals surface area contributed by atoms with E-state index in [1.807, 2.05) is 0 Å². The molecule has 0 aromatic carbocycles. The summed E-state index contributed by atoms with van der Waals surface area (Å²) >= 11 is -2.51. The summed E-state index contributed by atoms with van der Waals surface area (Å²) in [6, 6.07) is 0. The van der Waals surface area contributed by atoms with Gasteiger partial charge in [0.15, 0.2) is 0 Å². The second kappa shape index (κ2) is 8.97. The minimum atomic E-state index is -4.67. The molecule has 0 rings (SSSR count). The molecule has 13 heavy (non-hydrogen) atoms. The van der Waals surface area contributed by atoms with Crippen molar-refractivity contribution in [3.05, 3.63) is 0 Å². The maximum absolute atomic E-state index is 8.74. The van der Waals surface area contributed by atoms with E-state index in [9.17, 15) is 0 Å². The van der Waals surface area contributed by atoms with Crippen LogP contribution in [0.3, 0.4) is 0 Å². The molecule has 0 radical (unpaired) electrons. The number of rotatable bonds is 0. The Kier molecular flexibility index (Phi) is 13.1. The third-order valence-electron chi connectivity index (χ3n) is 0. The Morgan fingerprint density at radius 2 is 0.692 bits per heavy atom. The van der Waals surface area contributed by atoms with Gasteiger partial charge in [-0.3, -0.25) is 18.2 Å². The van der Waals surface area contributed by atoms with Crippen LogP contribution in [0.25, 0.3) is 0 Å². The van der Waals surface area contributed by atoms with Gasteiger partial charge < -0.3 is 0 Å². The van der Waals surface area contributed by atoms with Gasteiger partial charge in [-0.1, -0.05) is 0 Å². The van der Waals surface area contributed by atoms with E-state index in [1.54, 1.807) is 0 Å². The molecular weight excluding hydrogens is 462 g/mol. The molecule has 0 saturated heterocycles. The predicted octanol–water partition coefficient (Wildman–Crippen LogP) is -1.54. The fraction of sp³-hybridized carbons (Fsp3) is 0. The van der Waals surface area contributed by atoms with Crippen LogP contribution in [-0.4, -0.2) is 35.0 Å². The molecule has 80 valence electrons. The van der Waals surface area contributed by atoms with Crippen molar-refractivity contribution in [3.8, 4) is 0 Å². The standard InChI is InChI=1S/2H2O4S.2O.U/c2*1-5(2,3)4;;;/h2*(H2,1,2,3,4);;;. The average molecular weight is 466 g/mol. The first kappa shape index (κ1) is 19.0. The van der Waals surface area contributed by atoms with Crippen LogP contribution in [0.15, 0.2) is 0 Å². The van der Waals surface area contributed by atoms with Gasteiger partial charge >= 0.3 is 53.1 Å². The third-order valence-corrected chi connectivity index (χ3v) is 0. The molecule has 0 heterocycles. The molecule has 0 spiro atoms. The van der Waals surface area contributed by atoms with E-state index < -0.39 is 48.6 Å². The summed E-state index contributed by atoms with van der Waals surface area (Å²) in [6.07, 6.45) is 0. The van der Waals surface area contributed by atoms with Crippen molar-refractivity contribution in [2.45, 2.75) is 0 Å². The fourth-order valence-electron chi connectivity index (χ4n) is 0. The van der Waals surface area contributed by atoms with Crippen molar-refractivity contribution in [1.29, 1.82) is 0 Å². The van der Waals surface area contributed by atoms with Gasteiger partial charge in [-0.25, -0.2) is 0 Å². The van der Waals surface area contributed by atoms with Crippen LogP contribution in [0.2, 0.25) is 0 Å². The maximum atomic E-state index is 8.74. The van der Waals surface area contributed by atoms with Crippen molar-refractivity contribution in [2.24, 2.45) is 0 Å². The molecule has 0 aliphatic heterocycles. The third kappa shape index (κ3) is 8710. The summed E-state index contributed by atoms with van der Waals surface area (Å²) in [4.78, 5) is 0. The molecule has 0 aliphatic rings. The van der Waals surface area contributed by atoms with E-state index in [2.05, 4.69) is 0 Å². The monoisotopic (exact) mass is 466 g/mol. The quantitative estimate of drug-likeness (QED) is 0.305. The topological polar surface area (TPSA) is 183 Å². The van der Waals surface area contributed by atoms with Crippen molar-refractivity contribution >= 4 is 20.8 Å². The first-order valence-corrected chi connectivity index (χ1v) is 8.00. The second-order valence-electron chi connectivity index (χ2n) is 0.979.